The number of pyridine rings is 1. The lowest BCUT2D eigenvalue weighted by molar-refractivity contribution is -0.116. The predicted octanol–water partition coefficient (Wildman–Crippen LogP) is 4.62. The fourth-order valence-corrected chi connectivity index (χ4v) is 3.86. The van der Waals surface area contributed by atoms with Crippen LogP contribution in [0, 0.1) is 0 Å². The molecule has 0 spiro atoms. The molecule has 7 nitrogen and oxygen atoms in total. The molecule has 1 N–H and O–H groups in total. The minimum atomic E-state index is -0.231. The Morgan fingerprint density at radius 1 is 0.971 bits per heavy atom. The van der Waals surface area contributed by atoms with Crippen LogP contribution in [-0.2, 0) is 17.9 Å². The van der Waals surface area contributed by atoms with E-state index in [1.807, 2.05) is 94.3 Å². The van der Waals surface area contributed by atoms with Gasteiger partial charge in [-0.1, -0.05) is 66.2 Å². The number of hydrogen-bond donors (Lipinski definition) is 1. The van der Waals surface area contributed by atoms with E-state index >= 15 is 0 Å². The molecule has 8 heteroatoms. The summed E-state index contributed by atoms with van der Waals surface area (Å²) < 4.78 is 3.68. The number of fused-ring (bicyclic) bond motifs is 1. The number of amides is 1. The summed E-state index contributed by atoms with van der Waals surface area (Å²) in [7, 11) is 0. The summed E-state index contributed by atoms with van der Waals surface area (Å²) in [5.41, 5.74) is 4.30. The van der Waals surface area contributed by atoms with Crippen LogP contribution in [0.1, 0.15) is 17.0 Å². The Kier molecular flexibility index (Phi) is 6.18. The van der Waals surface area contributed by atoms with Gasteiger partial charge in [-0.25, -0.2) is 0 Å². The molecule has 3 aromatic heterocycles. The van der Waals surface area contributed by atoms with Crippen molar-refractivity contribution in [1.82, 2.24) is 29.7 Å². The first-order valence-electron chi connectivity index (χ1n) is 10.8. The Hall–Kier alpha value is -4.23. The molecule has 0 aliphatic rings. The first-order chi connectivity index (χ1) is 16.7. The molecular formula is C26H21ClN6O. The van der Waals surface area contributed by atoms with E-state index in [1.165, 1.54) is 6.08 Å². The van der Waals surface area contributed by atoms with Gasteiger partial charge in [0.05, 0.1) is 18.8 Å². The molecule has 0 bridgehead atoms. The molecule has 0 radical (unpaired) electrons. The summed E-state index contributed by atoms with van der Waals surface area (Å²) in [6.45, 7) is 0.797. The van der Waals surface area contributed by atoms with Crippen LogP contribution in [-0.4, -0.2) is 30.3 Å². The Labute approximate surface area is 201 Å². The lowest BCUT2D eigenvalue weighted by Crippen LogP contribution is -2.21. The number of nitrogens with one attached hydrogen (secondary N) is 1. The van der Waals surface area contributed by atoms with E-state index in [0.717, 1.165) is 28.0 Å². The minimum Gasteiger partial charge on any atom is -0.345 e. The molecule has 3 heterocycles. The third-order valence-electron chi connectivity index (χ3n) is 5.35. The highest BCUT2D eigenvalue weighted by atomic mass is 35.5. The first-order valence-corrected chi connectivity index (χ1v) is 11.2. The van der Waals surface area contributed by atoms with E-state index in [9.17, 15) is 4.79 Å². The monoisotopic (exact) mass is 468 g/mol. The molecule has 0 aliphatic heterocycles. The Balaban J connectivity index is 1.35. The van der Waals surface area contributed by atoms with Gasteiger partial charge in [-0.2, -0.15) is 5.10 Å². The molecule has 5 aromatic rings. The second kappa shape index (κ2) is 9.72. The van der Waals surface area contributed by atoms with Gasteiger partial charge in [0, 0.05) is 34.6 Å². The van der Waals surface area contributed by atoms with Crippen LogP contribution in [0.2, 0.25) is 5.02 Å². The molecule has 2 aromatic carbocycles. The number of rotatable bonds is 7. The number of aromatic nitrogens is 5. The molecule has 0 atom stereocenters. The van der Waals surface area contributed by atoms with Crippen molar-refractivity contribution in [2.75, 3.05) is 0 Å². The van der Waals surface area contributed by atoms with Gasteiger partial charge in [-0.05, 0) is 29.8 Å². The van der Waals surface area contributed by atoms with E-state index in [2.05, 4.69) is 15.5 Å². The molecule has 5 rings (SSSR count). The SMILES string of the molecule is O=C(/C=C/c1cn(Cc2ccccc2Cl)nc1-c1ccccc1)NCc1nnc2ccccn12. The maximum absolute atomic E-state index is 12.5. The first kappa shape index (κ1) is 21.6. The Morgan fingerprint density at radius 3 is 2.62 bits per heavy atom. The Morgan fingerprint density at radius 2 is 1.76 bits per heavy atom. The fourth-order valence-electron chi connectivity index (χ4n) is 3.66. The molecule has 0 unspecified atom stereocenters. The number of hydrogen-bond acceptors (Lipinski definition) is 4. The summed E-state index contributed by atoms with van der Waals surface area (Å²) in [6, 6.07) is 23.2. The topological polar surface area (TPSA) is 77.1 Å². The predicted molar refractivity (Wildman–Crippen MR) is 132 cm³/mol. The number of carbonyl (C=O) groups is 1. The number of nitrogens with zero attached hydrogens (tertiary/aromatic N) is 5. The van der Waals surface area contributed by atoms with Crippen molar-refractivity contribution in [1.29, 1.82) is 0 Å². The highest BCUT2D eigenvalue weighted by Crippen LogP contribution is 2.24. The van der Waals surface area contributed by atoms with E-state index < -0.39 is 0 Å². The Bertz CT molecular complexity index is 1470. The van der Waals surface area contributed by atoms with E-state index in [4.69, 9.17) is 16.7 Å². The lowest BCUT2D eigenvalue weighted by Gasteiger charge is -2.04. The highest BCUT2D eigenvalue weighted by molar-refractivity contribution is 6.31. The quantitative estimate of drug-likeness (QED) is 0.353. The van der Waals surface area contributed by atoms with Crippen molar-refractivity contribution in [2.24, 2.45) is 0 Å². The maximum Gasteiger partial charge on any atom is 0.244 e. The molecule has 0 fully saturated rings. The second-order valence-electron chi connectivity index (χ2n) is 7.68. The van der Waals surface area contributed by atoms with Crippen LogP contribution < -0.4 is 5.32 Å². The maximum atomic E-state index is 12.5. The molecule has 0 saturated heterocycles. The summed E-state index contributed by atoms with van der Waals surface area (Å²) in [5.74, 6) is 0.431. The van der Waals surface area contributed by atoms with E-state index in [-0.39, 0.29) is 12.5 Å². The summed E-state index contributed by atoms with van der Waals surface area (Å²) in [5, 5.41) is 16.6. The summed E-state index contributed by atoms with van der Waals surface area (Å²) >= 11 is 6.33. The smallest absolute Gasteiger partial charge is 0.244 e. The van der Waals surface area contributed by atoms with Crippen molar-refractivity contribution < 1.29 is 4.79 Å². The van der Waals surface area contributed by atoms with Crippen LogP contribution in [0.25, 0.3) is 23.0 Å². The van der Waals surface area contributed by atoms with Gasteiger partial charge < -0.3 is 5.32 Å². The average molecular weight is 469 g/mol. The van der Waals surface area contributed by atoms with Crippen LogP contribution in [0.15, 0.2) is 91.3 Å². The normalized spacial score (nSPS) is 11.3. The molecule has 168 valence electrons. The van der Waals surface area contributed by atoms with Crippen molar-refractivity contribution in [3.8, 4) is 11.3 Å². The number of halogens is 1. The van der Waals surface area contributed by atoms with E-state index in [1.54, 1.807) is 6.08 Å². The lowest BCUT2D eigenvalue weighted by atomic mass is 10.1. The third kappa shape index (κ3) is 4.74. The largest absolute Gasteiger partial charge is 0.345 e. The van der Waals surface area contributed by atoms with Gasteiger partial charge in [0.2, 0.25) is 5.91 Å². The minimum absolute atomic E-state index is 0.231. The molecule has 1 amide bonds. The third-order valence-corrected chi connectivity index (χ3v) is 5.72. The zero-order valence-corrected chi connectivity index (χ0v) is 18.9. The summed E-state index contributed by atoms with van der Waals surface area (Å²) in [4.78, 5) is 12.5. The van der Waals surface area contributed by atoms with Crippen LogP contribution in [0.4, 0.5) is 0 Å². The van der Waals surface area contributed by atoms with Gasteiger partial charge in [-0.15, -0.1) is 10.2 Å². The molecule has 34 heavy (non-hydrogen) atoms. The van der Waals surface area contributed by atoms with Crippen LogP contribution in [0.5, 0.6) is 0 Å². The average Bonchev–Trinajstić information content (AvgIpc) is 3.47. The zero-order chi connectivity index (χ0) is 23.3. The van der Waals surface area contributed by atoms with Gasteiger partial charge >= 0.3 is 0 Å². The van der Waals surface area contributed by atoms with Crippen molar-refractivity contribution in [3.05, 3.63) is 113 Å². The molecule has 0 aliphatic carbocycles. The standard InChI is InChI=1S/C26H21ClN6O/c27-22-11-5-4-10-20(22)17-32-18-21(26(31-32)19-8-2-1-3-9-19)13-14-25(34)28-16-24-30-29-23-12-6-7-15-33(23)24/h1-15,18H,16-17H2,(H,28,34)/b14-13+. The number of benzene rings is 2. The van der Waals surface area contributed by atoms with Gasteiger partial charge in [0.1, 0.15) is 0 Å². The van der Waals surface area contributed by atoms with Gasteiger partial charge in [-0.3, -0.25) is 13.9 Å². The van der Waals surface area contributed by atoms with Crippen LogP contribution >= 0.6 is 11.6 Å². The van der Waals surface area contributed by atoms with Crippen molar-refractivity contribution >= 4 is 29.2 Å². The van der Waals surface area contributed by atoms with Gasteiger partial charge in [0.15, 0.2) is 11.5 Å². The summed E-state index contributed by atoms with van der Waals surface area (Å²) in [6.07, 6.45) is 7.07. The number of carbonyl (C=O) groups excluding carboxylic acids is 1. The van der Waals surface area contributed by atoms with Gasteiger partial charge in [0.25, 0.3) is 0 Å². The van der Waals surface area contributed by atoms with Crippen molar-refractivity contribution in [2.45, 2.75) is 13.1 Å². The fraction of sp³-hybridized carbons (Fsp3) is 0.0769. The molecular weight excluding hydrogens is 448 g/mol. The van der Waals surface area contributed by atoms with Crippen LogP contribution in [0.3, 0.4) is 0 Å². The molecule has 0 saturated carbocycles. The zero-order valence-electron chi connectivity index (χ0n) is 18.2. The second-order valence-corrected chi connectivity index (χ2v) is 8.09. The highest BCUT2D eigenvalue weighted by Gasteiger charge is 2.11. The van der Waals surface area contributed by atoms with Crippen molar-refractivity contribution in [3.63, 3.8) is 0 Å². The van der Waals surface area contributed by atoms with E-state index in [0.29, 0.717) is 17.4 Å².